The lowest BCUT2D eigenvalue weighted by Crippen LogP contribution is -2.33. The van der Waals surface area contributed by atoms with Crippen LogP contribution in [0.15, 0.2) is 83.8 Å². The van der Waals surface area contributed by atoms with E-state index in [1.807, 2.05) is 61.5 Å². The van der Waals surface area contributed by atoms with Gasteiger partial charge in [-0.1, -0.05) is 60.1 Å². The first-order chi connectivity index (χ1) is 14.9. The van der Waals surface area contributed by atoms with Crippen LogP contribution in [0.2, 0.25) is 5.02 Å². The summed E-state index contributed by atoms with van der Waals surface area (Å²) in [6.07, 6.45) is 0. The van der Waals surface area contributed by atoms with Crippen LogP contribution in [0, 0.1) is 0 Å². The van der Waals surface area contributed by atoms with Crippen LogP contribution >= 0.6 is 11.6 Å². The summed E-state index contributed by atoms with van der Waals surface area (Å²) in [5.74, 6) is 0.448. The van der Waals surface area contributed by atoms with Gasteiger partial charge in [0, 0.05) is 23.2 Å². The van der Waals surface area contributed by atoms with Crippen molar-refractivity contribution in [2.75, 3.05) is 0 Å². The summed E-state index contributed by atoms with van der Waals surface area (Å²) >= 11 is 5.97. The quantitative estimate of drug-likeness (QED) is 0.445. The van der Waals surface area contributed by atoms with Gasteiger partial charge in [-0.25, -0.2) is 8.42 Å². The maximum absolute atomic E-state index is 13.6. The zero-order valence-electron chi connectivity index (χ0n) is 16.7. The largest absolute Gasteiger partial charge is 0.243 e. The zero-order valence-corrected chi connectivity index (χ0v) is 18.3. The van der Waals surface area contributed by atoms with Crippen LogP contribution in [-0.4, -0.2) is 33.3 Å². The molecule has 0 saturated heterocycles. The van der Waals surface area contributed by atoms with Gasteiger partial charge < -0.3 is 0 Å². The molecule has 0 radical (unpaired) electrons. The number of rotatable bonds is 7. The number of benzene rings is 3. The maximum Gasteiger partial charge on any atom is 0.243 e. The Hall–Kier alpha value is -3.07. The Kier molecular flexibility index (Phi) is 6.13. The van der Waals surface area contributed by atoms with Crippen molar-refractivity contribution >= 4 is 21.6 Å². The SMILES string of the molecule is CC(c1cccc(-c2nn[nH]n2)c1)N(Cc1ccccc1)S(=O)(=O)c1ccc(Cl)cc1. The molecule has 0 amide bonds. The number of halogens is 1. The fourth-order valence-electron chi connectivity index (χ4n) is 3.32. The van der Waals surface area contributed by atoms with Gasteiger partial charge in [-0.05, 0) is 53.6 Å². The van der Waals surface area contributed by atoms with Crippen LogP contribution in [0.4, 0.5) is 0 Å². The third-order valence-electron chi connectivity index (χ3n) is 5.01. The molecule has 4 aromatic rings. The Labute approximate surface area is 185 Å². The van der Waals surface area contributed by atoms with Gasteiger partial charge in [-0.2, -0.15) is 9.52 Å². The average molecular weight is 454 g/mol. The highest BCUT2D eigenvalue weighted by Gasteiger charge is 2.30. The molecule has 31 heavy (non-hydrogen) atoms. The van der Waals surface area contributed by atoms with Gasteiger partial charge in [-0.3, -0.25) is 0 Å². The summed E-state index contributed by atoms with van der Waals surface area (Å²) in [6, 6.07) is 22.8. The van der Waals surface area contributed by atoms with E-state index in [9.17, 15) is 8.42 Å². The van der Waals surface area contributed by atoms with E-state index >= 15 is 0 Å². The summed E-state index contributed by atoms with van der Waals surface area (Å²) in [5.41, 5.74) is 2.46. The minimum Gasteiger partial charge on any atom is -0.207 e. The molecule has 158 valence electrons. The molecule has 9 heteroatoms. The minimum atomic E-state index is -3.81. The van der Waals surface area contributed by atoms with E-state index < -0.39 is 16.1 Å². The molecule has 1 heterocycles. The number of hydrogen-bond acceptors (Lipinski definition) is 5. The van der Waals surface area contributed by atoms with Crippen molar-refractivity contribution in [3.05, 3.63) is 95.0 Å². The van der Waals surface area contributed by atoms with Crippen LogP contribution in [0.25, 0.3) is 11.4 Å². The number of tetrazole rings is 1. The molecule has 0 aliphatic rings. The second kappa shape index (κ2) is 8.97. The Morgan fingerprint density at radius 2 is 1.74 bits per heavy atom. The molecule has 1 unspecified atom stereocenters. The molecule has 0 bridgehead atoms. The Morgan fingerprint density at radius 1 is 1.00 bits per heavy atom. The molecule has 4 rings (SSSR count). The van der Waals surface area contributed by atoms with Crippen LogP contribution in [0.1, 0.15) is 24.1 Å². The van der Waals surface area contributed by atoms with Crippen LogP contribution < -0.4 is 0 Å². The first-order valence-corrected chi connectivity index (χ1v) is 11.4. The number of sulfonamides is 1. The molecule has 7 nitrogen and oxygen atoms in total. The molecular formula is C22H20ClN5O2S. The highest BCUT2D eigenvalue weighted by molar-refractivity contribution is 7.89. The number of nitrogens with zero attached hydrogens (tertiary/aromatic N) is 4. The normalized spacial score (nSPS) is 12.7. The van der Waals surface area contributed by atoms with Crippen molar-refractivity contribution in [2.45, 2.75) is 24.4 Å². The topological polar surface area (TPSA) is 91.8 Å². The summed E-state index contributed by atoms with van der Waals surface area (Å²) in [4.78, 5) is 0.189. The molecule has 3 aromatic carbocycles. The molecule has 1 atom stereocenters. The van der Waals surface area contributed by atoms with E-state index in [0.717, 1.165) is 16.7 Å². The molecule has 0 fully saturated rings. The van der Waals surface area contributed by atoms with Gasteiger partial charge in [0.1, 0.15) is 0 Å². The van der Waals surface area contributed by atoms with Crippen molar-refractivity contribution in [3.63, 3.8) is 0 Å². The van der Waals surface area contributed by atoms with Gasteiger partial charge in [0.15, 0.2) is 0 Å². The second-order valence-corrected chi connectivity index (χ2v) is 9.35. The molecule has 0 aliphatic heterocycles. The Balaban J connectivity index is 1.75. The lowest BCUT2D eigenvalue weighted by molar-refractivity contribution is 0.336. The van der Waals surface area contributed by atoms with E-state index in [1.54, 1.807) is 12.1 Å². The highest BCUT2D eigenvalue weighted by Crippen LogP contribution is 2.31. The fourth-order valence-corrected chi connectivity index (χ4v) is 5.06. The smallest absolute Gasteiger partial charge is 0.207 e. The highest BCUT2D eigenvalue weighted by atomic mass is 35.5. The van der Waals surface area contributed by atoms with Gasteiger partial charge in [0.05, 0.1) is 4.90 Å². The molecule has 0 saturated carbocycles. The number of aromatic amines is 1. The monoisotopic (exact) mass is 453 g/mol. The molecule has 1 N–H and O–H groups in total. The summed E-state index contributed by atoms with van der Waals surface area (Å²) < 4.78 is 28.7. The van der Waals surface area contributed by atoms with Crippen LogP contribution in [0.3, 0.4) is 0 Å². The third-order valence-corrected chi connectivity index (χ3v) is 7.19. The summed E-state index contributed by atoms with van der Waals surface area (Å²) in [5, 5.41) is 14.5. The molecule has 0 aliphatic carbocycles. The van der Waals surface area contributed by atoms with Crippen molar-refractivity contribution < 1.29 is 8.42 Å². The first kappa shape index (κ1) is 21.2. The molecule has 0 spiro atoms. The van der Waals surface area contributed by atoms with E-state index in [0.29, 0.717) is 10.8 Å². The fraction of sp³-hybridized carbons (Fsp3) is 0.136. The predicted octanol–water partition coefficient (Wildman–Crippen LogP) is 4.47. The third kappa shape index (κ3) is 4.66. The number of aromatic nitrogens is 4. The number of nitrogens with one attached hydrogen (secondary N) is 1. The van der Waals surface area contributed by atoms with E-state index in [2.05, 4.69) is 20.6 Å². The predicted molar refractivity (Wildman–Crippen MR) is 119 cm³/mol. The lowest BCUT2D eigenvalue weighted by atomic mass is 10.0. The zero-order chi connectivity index (χ0) is 21.8. The van der Waals surface area contributed by atoms with Crippen molar-refractivity contribution in [3.8, 4) is 11.4 Å². The maximum atomic E-state index is 13.6. The van der Waals surface area contributed by atoms with Gasteiger partial charge in [-0.15, -0.1) is 10.2 Å². The number of H-pyrrole nitrogens is 1. The van der Waals surface area contributed by atoms with E-state index in [-0.39, 0.29) is 11.4 Å². The van der Waals surface area contributed by atoms with E-state index in [1.165, 1.54) is 16.4 Å². The average Bonchev–Trinajstić information content (AvgIpc) is 3.33. The van der Waals surface area contributed by atoms with Crippen molar-refractivity contribution in [2.24, 2.45) is 0 Å². The first-order valence-electron chi connectivity index (χ1n) is 9.60. The van der Waals surface area contributed by atoms with Gasteiger partial charge in [0.25, 0.3) is 0 Å². The van der Waals surface area contributed by atoms with Crippen molar-refractivity contribution in [1.82, 2.24) is 24.9 Å². The molecule has 1 aromatic heterocycles. The number of hydrogen-bond donors (Lipinski definition) is 1. The van der Waals surface area contributed by atoms with Crippen molar-refractivity contribution in [1.29, 1.82) is 0 Å². The molecular weight excluding hydrogens is 434 g/mol. The van der Waals surface area contributed by atoms with Gasteiger partial charge in [0.2, 0.25) is 15.8 Å². The minimum absolute atomic E-state index is 0.189. The summed E-state index contributed by atoms with van der Waals surface area (Å²) in [6.45, 7) is 2.09. The lowest BCUT2D eigenvalue weighted by Gasteiger charge is -2.29. The van der Waals surface area contributed by atoms with Crippen LogP contribution in [-0.2, 0) is 16.6 Å². The Morgan fingerprint density at radius 3 is 2.42 bits per heavy atom. The standard InChI is InChI=1S/C22H20ClN5O2S/c1-16(18-8-5-9-19(14-18)22-24-26-27-25-22)28(15-17-6-3-2-4-7-17)31(29,30)21-12-10-20(23)11-13-21/h2-14,16H,15H2,1H3,(H,24,25,26,27). The Bertz CT molecular complexity index is 1250. The van der Waals surface area contributed by atoms with E-state index in [4.69, 9.17) is 11.6 Å². The second-order valence-electron chi connectivity index (χ2n) is 7.03. The summed E-state index contributed by atoms with van der Waals surface area (Å²) in [7, 11) is -3.81. The van der Waals surface area contributed by atoms with Gasteiger partial charge >= 0.3 is 0 Å². The van der Waals surface area contributed by atoms with Crippen LogP contribution in [0.5, 0.6) is 0 Å².